The molecule has 0 atom stereocenters. The number of aromatic nitrogens is 1. The Morgan fingerprint density at radius 3 is 2.61 bits per heavy atom. The molecule has 0 unspecified atom stereocenters. The van der Waals surface area contributed by atoms with Crippen molar-refractivity contribution in [3.63, 3.8) is 0 Å². The Balaban J connectivity index is 0.00000264. The third kappa shape index (κ3) is 4.98. The smallest absolute Gasteiger partial charge is 0.308 e. The van der Waals surface area contributed by atoms with E-state index in [0.29, 0.717) is 5.75 Å². The lowest BCUT2D eigenvalue weighted by Crippen LogP contribution is -2.26. The van der Waals surface area contributed by atoms with E-state index in [0.717, 1.165) is 42.5 Å². The van der Waals surface area contributed by atoms with Crippen LogP contribution in [0, 0.1) is 0 Å². The first-order valence-electron chi connectivity index (χ1n) is 7.37. The van der Waals surface area contributed by atoms with Crippen LogP contribution in [0.25, 0.3) is 10.9 Å². The molecule has 0 aliphatic heterocycles. The van der Waals surface area contributed by atoms with Crippen LogP contribution in [-0.2, 0) is 11.2 Å². The average molecular weight is 335 g/mol. The average Bonchev–Trinajstić information content (AvgIpc) is 2.89. The van der Waals surface area contributed by atoms with Crippen LogP contribution in [0.1, 0.15) is 12.5 Å². The Morgan fingerprint density at radius 2 is 2.00 bits per heavy atom. The molecular formula is C18H23ClN2O2. The third-order valence-corrected chi connectivity index (χ3v) is 3.47. The quantitative estimate of drug-likeness (QED) is 0.454. The van der Waals surface area contributed by atoms with Crippen LogP contribution in [0.5, 0.6) is 5.75 Å². The van der Waals surface area contributed by atoms with Gasteiger partial charge in [0.25, 0.3) is 0 Å². The summed E-state index contributed by atoms with van der Waals surface area (Å²) in [5.74, 6) is 0.305. The molecule has 5 heteroatoms. The maximum atomic E-state index is 11.3. The summed E-state index contributed by atoms with van der Waals surface area (Å²) in [7, 11) is 0. The number of benzene rings is 1. The predicted octanol–water partition coefficient (Wildman–Crippen LogP) is 3.73. The van der Waals surface area contributed by atoms with E-state index in [2.05, 4.69) is 23.0 Å². The maximum Gasteiger partial charge on any atom is 0.308 e. The highest BCUT2D eigenvalue weighted by Crippen LogP contribution is 2.29. The minimum atomic E-state index is -0.306. The van der Waals surface area contributed by atoms with Gasteiger partial charge in [-0.2, -0.15) is 0 Å². The molecule has 0 saturated heterocycles. The molecule has 0 bridgehead atoms. The topological polar surface area (TPSA) is 45.3 Å². The van der Waals surface area contributed by atoms with E-state index in [-0.39, 0.29) is 18.4 Å². The maximum absolute atomic E-state index is 11.3. The summed E-state index contributed by atoms with van der Waals surface area (Å²) in [6.07, 6.45) is 6.63. The van der Waals surface area contributed by atoms with Crippen molar-refractivity contribution >= 4 is 29.3 Å². The van der Waals surface area contributed by atoms with E-state index in [1.54, 1.807) is 0 Å². The summed E-state index contributed by atoms with van der Waals surface area (Å²) in [4.78, 5) is 16.8. The van der Waals surface area contributed by atoms with Gasteiger partial charge < -0.3 is 9.72 Å². The van der Waals surface area contributed by atoms with Gasteiger partial charge in [0.15, 0.2) is 0 Å². The number of H-pyrrole nitrogens is 1. The second kappa shape index (κ2) is 9.18. The first-order chi connectivity index (χ1) is 10.7. The number of carbonyl (C=O) groups is 1. The molecule has 1 aromatic carbocycles. The standard InChI is InChI=1S/C18H22N2O2.ClH/c1-4-10-20(11-5-2)12-9-15-13-19-16-7-6-8-17(18(15)16)22-14(3)21;/h4-8,13,19H,1-2,9-12H2,3H3;1H. The van der Waals surface area contributed by atoms with Crippen LogP contribution < -0.4 is 4.74 Å². The van der Waals surface area contributed by atoms with E-state index in [1.807, 2.05) is 36.5 Å². The minimum Gasteiger partial charge on any atom is -0.426 e. The second-order valence-electron chi connectivity index (χ2n) is 5.17. The zero-order valence-electron chi connectivity index (χ0n) is 13.4. The molecule has 0 spiro atoms. The normalized spacial score (nSPS) is 10.3. The molecule has 0 radical (unpaired) electrons. The third-order valence-electron chi connectivity index (χ3n) is 3.47. The van der Waals surface area contributed by atoms with Crippen molar-refractivity contribution in [2.24, 2.45) is 0 Å². The van der Waals surface area contributed by atoms with Gasteiger partial charge in [0.05, 0.1) is 0 Å². The van der Waals surface area contributed by atoms with Crippen molar-refractivity contribution in [2.45, 2.75) is 13.3 Å². The molecule has 0 aliphatic carbocycles. The van der Waals surface area contributed by atoms with Crippen LogP contribution in [0.15, 0.2) is 49.7 Å². The molecule has 1 heterocycles. The van der Waals surface area contributed by atoms with E-state index in [9.17, 15) is 4.79 Å². The summed E-state index contributed by atoms with van der Waals surface area (Å²) in [5, 5.41) is 0.981. The van der Waals surface area contributed by atoms with Crippen LogP contribution in [0.2, 0.25) is 0 Å². The highest BCUT2D eigenvalue weighted by molar-refractivity contribution is 5.91. The summed E-state index contributed by atoms with van der Waals surface area (Å²) in [6.45, 7) is 11.5. The number of fused-ring (bicyclic) bond motifs is 1. The monoisotopic (exact) mass is 334 g/mol. The van der Waals surface area contributed by atoms with Crippen LogP contribution in [0.4, 0.5) is 0 Å². The number of rotatable bonds is 8. The van der Waals surface area contributed by atoms with Gasteiger partial charge in [-0.15, -0.1) is 25.6 Å². The van der Waals surface area contributed by atoms with E-state index < -0.39 is 0 Å². The number of carbonyl (C=O) groups excluding carboxylic acids is 1. The molecule has 0 amide bonds. The number of hydrogen-bond donors (Lipinski definition) is 1. The van der Waals surface area contributed by atoms with Gasteiger partial charge in [0, 0.05) is 43.7 Å². The van der Waals surface area contributed by atoms with Gasteiger partial charge in [-0.1, -0.05) is 18.2 Å². The van der Waals surface area contributed by atoms with Gasteiger partial charge in [-0.3, -0.25) is 9.69 Å². The van der Waals surface area contributed by atoms with Crippen LogP contribution in [0.3, 0.4) is 0 Å². The lowest BCUT2D eigenvalue weighted by molar-refractivity contribution is -0.131. The zero-order valence-corrected chi connectivity index (χ0v) is 14.2. The van der Waals surface area contributed by atoms with E-state index in [4.69, 9.17) is 4.74 Å². The first kappa shape index (κ1) is 19.0. The molecule has 23 heavy (non-hydrogen) atoms. The SMILES string of the molecule is C=CCN(CC=C)CCc1c[nH]c2cccc(OC(C)=O)c12.Cl. The Bertz CT molecular complexity index is 669. The number of esters is 1. The Hall–Kier alpha value is -2.04. The molecule has 4 nitrogen and oxygen atoms in total. The highest BCUT2D eigenvalue weighted by atomic mass is 35.5. The number of nitrogens with zero attached hydrogens (tertiary/aromatic N) is 1. The number of nitrogens with one attached hydrogen (secondary N) is 1. The summed E-state index contributed by atoms with van der Waals surface area (Å²) >= 11 is 0. The van der Waals surface area contributed by atoms with Gasteiger partial charge in [-0.25, -0.2) is 0 Å². The molecule has 124 valence electrons. The molecule has 0 saturated carbocycles. The van der Waals surface area contributed by atoms with Crippen molar-refractivity contribution < 1.29 is 9.53 Å². The number of hydrogen-bond acceptors (Lipinski definition) is 3. The van der Waals surface area contributed by atoms with Gasteiger partial charge in [0.2, 0.25) is 0 Å². The Kier molecular flexibility index (Phi) is 7.59. The van der Waals surface area contributed by atoms with Crippen molar-refractivity contribution in [1.29, 1.82) is 0 Å². The molecule has 2 rings (SSSR count). The van der Waals surface area contributed by atoms with Crippen molar-refractivity contribution in [1.82, 2.24) is 9.88 Å². The molecular weight excluding hydrogens is 312 g/mol. The van der Waals surface area contributed by atoms with E-state index >= 15 is 0 Å². The second-order valence-corrected chi connectivity index (χ2v) is 5.17. The molecule has 2 aromatic rings. The van der Waals surface area contributed by atoms with Gasteiger partial charge >= 0.3 is 5.97 Å². The Morgan fingerprint density at radius 1 is 1.30 bits per heavy atom. The minimum absolute atomic E-state index is 0. The molecule has 1 N–H and O–H groups in total. The number of ether oxygens (including phenoxy) is 1. The zero-order chi connectivity index (χ0) is 15.9. The van der Waals surface area contributed by atoms with Crippen molar-refractivity contribution in [2.75, 3.05) is 19.6 Å². The molecule has 0 fully saturated rings. The fraction of sp³-hybridized carbons (Fsp3) is 0.278. The van der Waals surface area contributed by atoms with Crippen molar-refractivity contribution in [3.8, 4) is 5.75 Å². The first-order valence-corrected chi connectivity index (χ1v) is 7.37. The predicted molar refractivity (Wildman–Crippen MR) is 97.4 cm³/mol. The van der Waals surface area contributed by atoms with E-state index in [1.165, 1.54) is 6.92 Å². The van der Waals surface area contributed by atoms with Crippen LogP contribution >= 0.6 is 12.4 Å². The Labute approximate surface area is 143 Å². The van der Waals surface area contributed by atoms with Gasteiger partial charge in [0.1, 0.15) is 5.75 Å². The lowest BCUT2D eigenvalue weighted by Gasteiger charge is -2.18. The van der Waals surface area contributed by atoms with Gasteiger partial charge in [-0.05, 0) is 24.1 Å². The van der Waals surface area contributed by atoms with Crippen molar-refractivity contribution in [3.05, 3.63) is 55.3 Å². The largest absolute Gasteiger partial charge is 0.426 e. The summed E-state index contributed by atoms with van der Waals surface area (Å²) < 4.78 is 5.32. The summed E-state index contributed by atoms with van der Waals surface area (Å²) in [6, 6.07) is 5.69. The summed E-state index contributed by atoms with van der Waals surface area (Å²) in [5.41, 5.74) is 2.12. The fourth-order valence-electron chi connectivity index (χ4n) is 2.56. The highest BCUT2D eigenvalue weighted by Gasteiger charge is 2.12. The number of aromatic amines is 1. The van der Waals surface area contributed by atoms with Crippen LogP contribution in [-0.4, -0.2) is 35.5 Å². The lowest BCUT2D eigenvalue weighted by atomic mass is 10.1. The fourth-order valence-corrected chi connectivity index (χ4v) is 2.56. The molecule has 1 aromatic heterocycles. The molecule has 0 aliphatic rings. The number of halogens is 1.